The monoisotopic (exact) mass is 537 g/mol. The third kappa shape index (κ3) is 17.5. The average Bonchev–Trinajstić information content (AvgIpc) is 2.87. The number of hydrogen-bond donors (Lipinski definition) is 2. The summed E-state index contributed by atoms with van der Waals surface area (Å²) in [7, 11) is -3.35. The lowest BCUT2D eigenvalue weighted by atomic mass is 10.0. The highest BCUT2D eigenvalue weighted by atomic mass is 31.2. The van der Waals surface area contributed by atoms with Crippen LogP contribution in [0.5, 0.6) is 5.75 Å². The van der Waals surface area contributed by atoms with Crippen molar-refractivity contribution in [1.29, 1.82) is 0 Å². The Balaban J connectivity index is 2.40. The Labute approximate surface area is 226 Å². The third-order valence-electron chi connectivity index (χ3n) is 6.36. The van der Waals surface area contributed by atoms with E-state index in [1.807, 2.05) is 12.1 Å². The fourth-order valence-electron chi connectivity index (χ4n) is 4.33. The van der Waals surface area contributed by atoms with Crippen LogP contribution in [0.15, 0.2) is 36.2 Å². The van der Waals surface area contributed by atoms with Crippen molar-refractivity contribution in [2.45, 2.75) is 123 Å². The summed E-state index contributed by atoms with van der Waals surface area (Å²) < 4.78 is 23.5. The first-order chi connectivity index (χ1) is 17.9. The molecule has 0 fully saturated rings. The average molecular weight is 538 g/mol. The highest BCUT2D eigenvalue weighted by Crippen LogP contribution is 2.49. The molecular weight excluding hydrogens is 485 g/mol. The van der Waals surface area contributed by atoms with Crippen LogP contribution < -0.4 is 5.32 Å². The fourth-order valence-corrected chi connectivity index (χ4v) is 5.71. The number of carbonyl (C=O) groups excluding carboxylic acids is 1. The van der Waals surface area contributed by atoms with E-state index in [-0.39, 0.29) is 30.9 Å². The molecule has 0 saturated heterocycles. The van der Waals surface area contributed by atoms with Crippen LogP contribution in [0.2, 0.25) is 0 Å². The molecule has 1 atom stereocenters. The molecule has 1 amide bonds. The maximum Gasteiger partial charge on any atom is 0.353 e. The second-order valence-electron chi connectivity index (χ2n) is 9.75. The van der Waals surface area contributed by atoms with Crippen molar-refractivity contribution >= 4 is 13.5 Å². The Kier molecular flexibility index (Phi) is 19.3. The van der Waals surface area contributed by atoms with Crippen LogP contribution in [0.4, 0.5) is 0 Å². The summed E-state index contributed by atoms with van der Waals surface area (Å²) in [5.41, 5.74) is 0.955. The van der Waals surface area contributed by atoms with Gasteiger partial charge in [-0.05, 0) is 44.4 Å². The Morgan fingerprint density at radius 1 is 0.838 bits per heavy atom. The Morgan fingerprint density at radius 3 is 1.81 bits per heavy atom. The number of phenols is 1. The molecule has 6 nitrogen and oxygen atoms in total. The van der Waals surface area contributed by atoms with E-state index >= 15 is 0 Å². The molecule has 0 aromatic heterocycles. The molecule has 0 saturated carbocycles. The summed E-state index contributed by atoms with van der Waals surface area (Å²) in [5, 5.41) is 12.6. The van der Waals surface area contributed by atoms with Gasteiger partial charge in [0.15, 0.2) is 0 Å². The van der Waals surface area contributed by atoms with Gasteiger partial charge in [-0.3, -0.25) is 9.36 Å². The van der Waals surface area contributed by atoms with Crippen LogP contribution in [0.3, 0.4) is 0 Å². The van der Waals surface area contributed by atoms with Crippen LogP contribution in [0.25, 0.3) is 0 Å². The largest absolute Gasteiger partial charge is 0.508 e. The minimum Gasteiger partial charge on any atom is -0.508 e. The van der Waals surface area contributed by atoms with Crippen LogP contribution in [-0.4, -0.2) is 30.3 Å². The molecule has 37 heavy (non-hydrogen) atoms. The zero-order valence-electron chi connectivity index (χ0n) is 23.6. The number of hydrogen-bond acceptors (Lipinski definition) is 5. The standard InChI is InChI=1S/C30H52NO5P/c1-4-7-8-9-10-11-12-13-14-15-16-17-18-19-30(33)31-28(26-27-20-22-29(32)23-21-27)24-25-37(34,35-5-2)36-6-3/h20-25,28,32H,4-19,26H2,1-3H3,(H,31,33)/t28-/m1/s1. The van der Waals surface area contributed by atoms with Crippen molar-refractivity contribution < 1.29 is 23.5 Å². The molecule has 0 spiro atoms. The van der Waals surface area contributed by atoms with Gasteiger partial charge in [-0.1, -0.05) is 102 Å². The topological polar surface area (TPSA) is 84.9 Å². The smallest absolute Gasteiger partial charge is 0.353 e. The lowest BCUT2D eigenvalue weighted by Crippen LogP contribution is -2.34. The zero-order chi connectivity index (χ0) is 27.2. The van der Waals surface area contributed by atoms with Crippen LogP contribution in [0, 0.1) is 0 Å². The zero-order valence-corrected chi connectivity index (χ0v) is 24.5. The summed E-state index contributed by atoms with van der Waals surface area (Å²) in [6.45, 7) is 6.34. The minimum absolute atomic E-state index is 0.0147. The first-order valence-corrected chi connectivity index (χ1v) is 16.2. The molecule has 0 aliphatic rings. The Bertz CT molecular complexity index is 771. The van der Waals surface area contributed by atoms with Crippen molar-refractivity contribution in [3.05, 3.63) is 41.7 Å². The highest BCUT2D eigenvalue weighted by molar-refractivity contribution is 7.57. The number of rotatable bonds is 23. The van der Waals surface area contributed by atoms with Gasteiger partial charge in [-0.15, -0.1) is 0 Å². The van der Waals surface area contributed by atoms with Gasteiger partial charge in [0.2, 0.25) is 5.91 Å². The number of aromatic hydroxyl groups is 1. The van der Waals surface area contributed by atoms with Crippen LogP contribution in [-0.2, 0) is 24.8 Å². The lowest BCUT2D eigenvalue weighted by molar-refractivity contribution is -0.121. The second-order valence-corrected chi connectivity index (χ2v) is 11.6. The van der Waals surface area contributed by atoms with E-state index in [2.05, 4.69) is 12.2 Å². The summed E-state index contributed by atoms with van der Waals surface area (Å²) >= 11 is 0. The van der Waals surface area contributed by atoms with Crippen LogP contribution >= 0.6 is 7.60 Å². The van der Waals surface area contributed by atoms with E-state index in [0.717, 1.165) is 18.4 Å². The van der Waals surface area contributed by atoms with Gasteiger partial charge in [-0.2, -0.15) is 0 Å². The normalized spacial score (nSPS) is 12.7. The van der Waals surface area contributed by atoms with E-state index in [4.69, 9.17) is 9.05 Å². The Hall–Kier alpha value is -1.62. The quantitative estimate of drug-likeness (QED) is 0.108. The number of amides is 1. The summed E-state index contributed by atoms with van der Waals surface area (Å²) in [6, 6.07) is 6.53. The molecule has 1 rings (SSSR count). The maximum atomic E-state index is 12.8. The van der Waals surface area contributed by atoms with Gasteiger partial charge in [0.25, 0.3) is 0 Å². The number of unbranched alkanes of at least 4 members (excludes halogenated alkanes) is 12. The molecule has 0 unspecified atom stereocenters. The first kappa shape index (κ1) is 33.4. The predicted molar refractivity (Wildman–Crippen MR) is 154 cm³/mol. The molecule has 0 radical (unpaired) electrons. The molecule has 1 aromatic carbocycles. The summed E-state index contributed by atoms with van der Waals surface area (Å²) in [5.74, 6) is 1.63. The van der Waals surface area contributed by atoms with E-state index < -0.39 is 7.60 Å². The molecule has 7 heteroatoms. The molecule has 0 heterocycles. The van der Waals surface area contributed by atoms with Crippen LogP contribution in [0.1, 0.15) is 116 Å². The van der Waals surface area contributed by atoms with Gasteiger partial charge in [0.1, 0.15) is 5.75 Å². The van der Waals surface area contributed by atoms with E-state index in [1.54, 1.807) is 32.1 Å². The molecule has 2 N–H and O–H groups in total. The van der Waals surface area contributed by atoms with Gasteiger partial charge in [0.05, 0.1) is 19.3 Å². The number of carbonyl (C=O) groups is 1. The van der Waals surface area contributed by atoms with Crippen molar-refractivity contribution in [3.8, 4) is 5.75 Å². The van der Waals surface area contributed by atoms with Gasteiger partial charge >= 0.3 is 7.60 Å². The molecule has 1 aromatic rings. The maximum absolute atomic E-state index is 12.8. The second kappa shape index (κ2) is 21.3. The van der Waals surface area contributed by atoms with Crippen molar-refractivity contribution in [2.75, 3.05) is 13.2 Å². The molecular formula is C30H52NO5P. The van der Waals surface area contributed by atoms with Gasteiger partial charge in [-0.25, -0.2) is 0 Å². The summed E-state index contributed by atoms with van der Waals surface area (Å²) in [4.78, 5) is 12.7. The predicted octanol–water partition coefficient (Wildman–Crippen LogP) is 8.68. The van der Waals surface area contributed by atoms with Gasteiger partial charge < -0.3 is 19.5 Å². The first-order valence-electron chi connectivity index (χ1n) is 14.6. The minimum atomic E-state index is -3.35. The van der Waals surface area contributed by atoms with E-state index in [1.165, 1.54) is 76.4 Å². The molecule has 0 aliphatic heterocycles. The third-order valence-corrected chi connectivity index (χ3v) is 8.14. The van der Waals surface area contributed by atoms with E-state index in [9.17, 15) is 14.5 Å². The van der Waals surface area contributed by atoms with Crippen molar-refractivity contribution in [3.63, 3.8) is 0 Å². The van der Waals surface area contributed by atoms with E-state index in [0.29, 0.717) is 12.8 Å². The van der Waals surface area contributed by atoms with Crippen molar-refractivity contribution in [1.82, 2.24) is 5.32 Å². The number of nitrogens with one attached hydrogen (secondary N) is 1. The summed E-state index contributed by atoms with van der Waals surface area (Å²) in [6.07, 6.45) is 19.2. The lowest BCUT2D eigenvalue weighted by Gasteiger charge is -2.18. The Morgan fingerprint density at radius 2 is 1.32 bits per heavy atom. The number of phenolic OH excluding ortho intramolecular Hbond substituents is 1. The number of benzene rings is 1. The fraction of sp³-hybridized carbons (Fsp3) is 0.700. The molecule has 0 aliphatic carbocycles. The van der Waals surface area contributed by atoms with Gasteiger partial charge in [0, 0.05) is 12.2 Å². The van der Waals surface area contributed by atoms with Crippen molar-refractivity contribution in [2.24, 2.45) is 0 Å². The highest BCUT2D eigenvalue weighted by Gasteiger charge is 2.20. The molecule has 212 valence electrons. The SMILES string of the molecule is CCCCCCCCCCCCCCCC(=O)N[C@H](C=CP(=O)(OCC)OCC)Cc1ccc(O)cc1. The molecule has 0 bridgehead atoms.